The summed E-state index contributed by atoms with van der Waals surface area (Å²) in [6.07, 6.45) is 5.55. The topological polar surface area (TPSA) is 104 Å². The Kier molecular flexibility index (Phi) is 4.36. The number of rotatable bonds is 5. The maximum Gasteiger partial charge on any atom is 0.251 e. The maximum atomic E-state index is 12.2. The van der Waals surface area contributed by atoms with Crippen LogP contribution in [0.5, 0.6) is 0 Å². The number of nitrogens with two attached hydrogens (primary N) is 1. The molecule has 0 aliphatic heterocycles. The third kappa shape index (κ3) is 3.24. The van der Waals surface area contributed by atoms with Crippen LogP contribution in [0.2, 0.25) is 0 Å². The molecule has 148 valence electrons. The molecule has 30 heavy (non-hydrogen) atoms. The number of carbonyl (C=O) groups excluding carboxylic acids is 1. The van der Waals surface area contributed by atoms with E-state index >= 15 is 0 Å². The zero-order chi connectivity index (χ0) is 20.5. The van der Waals surface area contributed by atoms with Crippen molar-refractivity contribution in [2.24, 2.45) is 0 Å². The number of nitrogens with zero attached hydrogens (tertiary/aromatic N) is 5. The number of hydrogen-bond acceptors (Lipinski definition) is 5. The largest absolute Gasteiger partial charge is 0.382 e. The Bertz CT molecular complexity index is 1340. The third-order valence-corrected chi connectivity index (χ3v) is 4.95. The lowest BCUT2D eigenvalue weighted by molar-refractivity contribution is 0.0952. The van der Waals surface area contributed by atoms with E-state index in [0.717, 1.165) is 22.0 Å². The fourth-order valence-corrected chi connectivity index (χ4v) is 3.48. The smallest absolute Gasteiger partial charge is 0.251 e. The van der Waals surface area contributed by atoms with Gasteiger partial charge in [-0.2, -0.15) is 10.2 Å². The van der Waals surface area contributed by atoms with E-state index in [9.17, 15) is 4.79 Å². The fraction of sp³-hybridized carbons (Fsp3) is 0.0909. The van der Waals surface area contributed by atoms with Crippen LogP contribution >= 0.6 is 0 Å². The average molecular weight is 397 g/mol. The van der Waals surface area contributed by atoms with Gasteiger partial charge < -0.3 is 11.1 Å². The average Bonchev–Trinajstić information content (AvgIpc) is 3.45. The third-order valence-electron chi connectivity index (χ3n) is 4.95. The minimum absolute atomic E-state index is 0.106. The number of benzene rings is 2. The first-order chi connectivity index (χ1) is 14.7. The van der Waals surface area contributed by atoms with E-state index in [-0.39, 0.29) is 5.91 Å². The Morgan fingerprint density at radius 3 is 2.73 bits per heavy atom. The summed E-state index contributed by atoms with van der Waals surface area (Å²) in [7, 11) is 0. The number of pyridine rings is 1. The van der Waals surface area contributed by atoms with Crippen molar-refractivity contribution < 1.29 is 4.79 Å². The predicted octanol–water partition coefficient (Wildman–Crippen LogP) is 2.78. The summed E-state index contributed by atoms with van der Waals surface area (Å²) < 4.78 is 3.56. The van der Waals surface area contributed by atoms with E-state index in [1.165, 1.54) is 0 Å². The van der Waals surface area contributed by atoms with Gasteiger partial charge in [-0.3, -0.25) is 9.48 Å². The second-order valence-corrected chi connectivity index (χ2v) is 6.93. The molecule has 0 unspecified atom stereocenters. The van der Waals surface area contributed by atoms with Gasteiger partial charge in [0, 0.05) is 41.5 Å². The second-order valence-electron chi connectivity index (χ2n) is 6.93. The van der Waals surface area contributed by atoms with Crippen LogP contribution in [0.4, 0.5) is 5.82 Å². The molecule has 0 saturated heterocycles. The molecule has 1 amide bonds. The lowest BCUT2D eigenvalue weighted by atomic mass is 10.1. The van der Waals surface area contributed by atoms with Crippen LogP contribution < -0.4 is 11.1 Å². The van der Waals surface area contributed by atoms with Crippen LogP contribution in [0.3, 0.4) is 0 Å². The Balaban J connectivity index is 1.40. The molecular formula is C22H19N7O. The van der Waals surface area contributed by atoms with Crippen molar-refractivity contribution >= 4 is 33.5 Å². The van der Waals surface area contributed by atoms with Gasteiger partial charge in [0.1, 0.15) is 5.52 Å². The van der Waals surface area contributed by atoms with Crippen molar-refractivity contribution in [1.29, 1.82) is 0 Å². The molecule has 0 saturated carbocycles. The van der Waals surface area contributed by atoms with E-state index in [2.05, 4.69) is 20.5 Å². The molecule has 2 aromatic carbocycles. The van der Waals surface area contributed by atoms with Gasteiger partial charge in [-0.15, -0.1) is 0 Å². The minimum atomic E-state index is -0.106. The lowest BCUT2D eigenvalue weighted by Crippen LogP contribution is -2.27. The summed E-state index contributed by atoms with van der Waals surface area (Å²) in [6.45, 7) is 0.982. The van der Waals surface area contributed by atoms with Gasteiger partial charge in [-0.25, -0.2) is 9.67 Å². The van der Waals surface area contributed by atoms with Gasteiger partial charge in [-0.05, 0) is 36.4 Å². The van der Waals surface area contributed by atoms with Gasteiger partial charge in [0.2, 0.25) is 0 Å². The van der Waals surface area contributed by atoms with Crippen LogP contribution in [0, 0.1) is 0 Å². The molecule has 5 aromatic rings. The van der Waals surface area contributed by atoms with Crippen molar-refractivity contribution in [3.8, 4) is 5.69 Å². The number of aromatic nitrogens is 5. The van der Waals surface area contributed by atoms with E-state index < -0.39 is 0 Å². The van der Waals surface area contributed by atoms with Crippen LogP contribution in [0.15, 0.2) is 73.2 Å². The number of anilines is 1. The number of nitrogen functional groups attached to an aromatic ring is 1. The molecule has 0 aliphatic rings. The van der Waals surface area contributed by atoms with E-state index in [1.54, 1.807) is 27.7 Å². The summed E-state index contributed by atoms with van der Waals surface area (Å²) in [4.78, 5) is 16.7. The Morgan fingerprint density at radius 1 is 1.07 bits per heavy atom. The molecule has 0 radical (unpaired) electrons. The molecule has 0 aliphatic carbocycles. The Morgan fingerprint density at radius 2 is 1.93 bits per heavy atom. The highest BCUT2D eigenvalue weighted by Crippen LogP contribution is 2.28. The highest BCUT2D eigenvalue weighted by Gasteiger charge is 2.12. The highest BCUT2D eigenvalue weighted by atomic mass is 16.1. The van der Waals surface area contributed by atoms with Gasteiger partial charge in [0.15, 0.2) is 5.82 Å². The number of amides is 1. The molecule has 0 spiro atoms. The summed E-state index contributed by atoms with van der Waals surface area (Å²) in [6, 6.07) is 17.0. The van der Waals surface area contributed by atoms with Crippen LogP contribution in [-0.4, -0.2) is 37.0 Å². The second kappa shape index (κ2) is 7.32. The van der Waals surface area contributed by atoms with Gasteiger partial charge in [0.05, 0.1) is 17.7 Å². The van der Waals surface area contributed by atoms with E-state index in [1.807, 2.05) is 54.9 Å². The molecule has 5 rings (SSSR count). The van der Waals surface area contributed by atoms with E-state index in [4.69, 9.17) is 5.73 Å². The monoisotopic (exact) mass is 397 g/mol. The quantitative estimate of drug-likeness (QED) is 0.475. The molecule has 0 atom stereocenters. The highest BCUT2D eigenvalue weighted by molar-refractivity contribution is 6.08. The predicted molar refractivity (Wildman–Crippen MR) is 115 cm³/mol. The molecule has 8 nitrogen and oxygen atoms in total. The summed E-state index contributed by atoms with van der Waals surface area (Å²) in [5.74, 6) is 0.271. The summed E-state index contributed by atoms with van der Waals surface area (Å²) >= 11 is 0. The van der Waals surface area contributed by atoms with Crippen molar-refractivity contribution in [3.63, 3.8) is 0 Å². The van der Waals surface area contributed by atoms with Crippen LogP contribution in [-0.2, 0) is 6.54 Å². The molecule has 3 heterocycles. The van der Waals surface area contributed by atoms with Gasteiger partial charge in [0.25, 0.3) is 5.91 Å². The van der Waals surface area contributed by atoms with Crippen molar-refractivity contribution in [3.05, 3.63) is 78.8 Å². The molecular weight excluding hydrogens is 378 g/mol. The first kappa shape index (κ1) is 17.9. The van der Waals surface area contributed by atoms with Gasteiger partial charge in [-0.1, -0.05) is 18.2 Å². The first-order valence-corrected chi connectivity index (χ1v) is 9.59. The standard InChI is InChI=1S/C22H19N7O/c23-21-20-18(17-8-7-16(13-19(17)26-21)29-11-4-9-25-29)14-28(27-20)12-10-24-22(30)15-5-2-1-3-6-15/h1-9,11,13-14H,10,12H2,(H2,23,26)(H,24,30). The molecule has 0 bridgehead atoms. The number of nitrogens with one attached hydrogen (secondary N) is 1. The number of hydrogen-bond donors (Lipinski definition) is 2. The number of carbonyl (C=O) groups is 1. The Hall–Kier alpha value is -4.20. The van der Waals surface area contributed by atoms with Gasteiger partial charge >= 0.3 is 0 Å². The SMILES string of the molecule is Nc1nc2cc(-n3cccn3)ccc2c2cn(CCNC(=O)c3ccccc3)nc12. The fourth-order valence-electron chi connectivity index (χ4n) is 3.48. The molecule has 3 aromatic heterocycles. The van der Waals surface area contributed by atoms with Crippen LogP contribution in [0.25, 0.3) is 27.5 Å². The lowest BCUT2D eigenvalue weighted by Gasteiger charge is -2.05. The van der Waals surface area contributed by atoms with Crippen molar-refractivity contribution in [2.45, 2.75) is 6.54 Å². The van der Waals surface area contributed by atoms with Crippen LogP contribution in [0.1, 0.15) is 10.4 Å². The normalized spacial score (nSPS) is 11.2. The van der Waals surface area contributed by atoms with Crippen molar-refractivity contribution in [1.82, 2.24) is 29.9 Å². The number of fused-ring (bicyclic) bond motifs is 3. The minimum Gasteiger partial charge on any atom is -0.382 e. The molecule has 3 N–H and O–H groups in total. The molecule has 8 heteroatoms. The van der Waals surface area contributed by atoms with Crippen molar-refractivity contribution in [2.75, 3.05) is 12.3 Å². The zero-order valence-electron chi connectivity index (χ0n) is 16.1. The summed E-state index contributed by atoms with van der Waals surface area (Å²) in [5.41, 5.74) is 9.16. The molecule has 0 fully saturated rings. The maximum absolute atomic E-state index is 12.2. The van der Waals surface area contributed by atoms with E-state index in [0.29, 0.717) is 30.0 Å². The zero-order valence-corrected chi connectivity index (χ0v) is 16.1. The first-order valence-electron chi connectivity index (χ1n) is 9.59. The summed E-state index contributed by atoms with van der Waals surface area (Å²) in [5, 5.41) is 13.6. The Labute approximate surface area is 171 Å².